The molecule has 0 aromatic rings. The number of rotatable bonds is 6. The Bertz CT molecular complexity index is 103. The van der Waals surface area contributed by atoms with Gasteiger partial charge in [0.2, 0.25) is 0 Å². The topological polar surface area (TPSA) is 18.5 Å². The summed E-state index contributed by atoms with van der Waals surface area (Å²) in [6.07, 6.45) is 5.45. The molecular formula is C9H16O2. The zero-order chi connectivity index (χ0) is 7.52. The van der Waals surface area contributed by atoms with E-state index in [4.69, 9.17) is 9.47 Å². The van der Waals surface area contributed by atoms with Crippen LogP contribution in [-0.4, -0.2) is 20.0 Å². The molecule has 0 radical (unpaired) electrons. The molecule has 0 unspecified atom stereocenters. The summed E-state index contributed by atoms with van der Waals surface area (Å²) in [6, 6.07) is 0. The van der Waals surface area contributed by atoms with Crippen molar-refractivity contribution in [1.82, 2.24) is 0 Å². The summed E-state index contributed by atoms with van der Waals surface area (Å²) in [6.45, 7) is 2.36. The molecule has 2 rings (SSSR count). The highest BCUT2D eigenvalue weighted by Gasteiger charge is 2.22. The van der Waals surface area contributed by atoms with Crippen LogP contribution in [0.15, 0.2) is 0 Å². The molecule has 11 heavy (non-hydrogen) atoms. The quantitative estimate of drug-likeness (QED) is 0.431. The van der Waals surface area contributed by atoms with E-state index in [1.165, 1.54) is 25.7 Å². The lowest BCUT2D eigenvalue weighted by Gasteiger charge is -2.03. The van der Waals surface area contributed by atoms with E-state index in [0.29, 0.717) is 6.79 Å². The summed E-state index contributed by atoms with van der Waals surface area (Å²) in [4.78, 5) is 0. The Morgan fingerprint density at radius 1 is 0.818 bits per heavy atom. The Hall–Kier alpha value is -0.0800. The molecular weight excluding hydrogens is 140 g/mol. The largest absolute Gasteiger partial charge is 0.355 e. The molecule has 0 aliphatic heterocycles. The molecule has 0 bridgehead atoms. The second-order valence-corrected chi connectivity index (χ2v) is 3.75. The second kappa shape index (κ2) is 3.55. The molecule has 0 heterocycles. The monoisotopic (exact) mass is 156 g/mol. The van der Waals surface area contributed by atoms with Crippen molar-refractivity contribution in [2.24, 2.45) is 11.8 Å². The molecule has 0 amide bonds. The fourth-order valence-corrected chi connectivity index (χ4v) is 1.06. The zero-order valence-corrected chi connectivity index (χ0v) is 6.92. The molecule has 64 valence electrons. The summed E-state index contributed by atoms with van der Waals surface area (Å²) in [7, 11) is 0. The summed E-state index contributed by atoms with van der Waals surface area (Å²) in [5.74, 6) is 1.72. The van der Waals surface area contributed by atoms with E-state index >= 15 is 0 Å². The fourth-order valence-electron chi connectivity index (χ4n) is 1.06. The van der Waals surface area contributed by atoms with Gasteiger partial charge in [0, 0.05) is 0 Å². The van der Waals surface area contributed by atoms with Crippen LogP contribution in [0, 0.1) is 11.8 Å². The van der Waals surface area contributed by atoms with Gasteiger partial charge in [-0.3, -0.25) is 0 Å². The minimum atomic E-state index is 0.521. The summed E-state index contributed by atoms with van der Waals surface area (Å²) >= 11 is 0. The van der Waals surface area contributed by atoms with Crippen molar-refractivity contribution < 1.29 is 9.47 Å². The highest BCUT2D eigenvalue weighted by Crippen LogP contribution is 2.29. The van der Waals surface area contributed by atoms with Crippen molar-refractivity contribution in [1.29, 1.82) is 0 Å². The van der Waals surface area contributed by atoms with Gasteiger partial charge in [0.05, 0.1) is 13.2 Å². The first-order chi connectivity index (χ1) is 5.45. The second-order valence-electron chi connectivity index (χ2n) is 3.75. The molecule has 0 aromatic heterocycles. The van der Waals surface area contributed by atoms with Crippen LogP contribution < -0.4 is 0 Å². The third kappa shape index (κ3) is 3.21. The Labute approximate surface area is 67.9 Å². The minimum absolute atomic E-state index is 0.521. The molecule has 2 aliphatic carbocycles. The Morgan fingerprint density at radius 3 is 1.64 bits per heavy atom. The van der Waals surface area contributed by atoms with E-state index in [1.807, 2.05) is 0 Å². The smallest absolute Gasteiger partial charge is 0.146 e. The van der Waals surface area contributed by atoms with Gasteiger partial charge in [0.15, 0.2) is 0 Å². The molecule has 2 aliphatic rings. The van der Waals surface area contributed by atoms with Gasteiger partial charge in [-0.05, 0) is 37.5 Å². The average molecular weight is 156 g/mol. The van der Waals surface area contributed by atoms with Crippen molar-refractivity contribution in [3.8, 4) is 0 Å². The molecule has 0 spiro atoms. The van der Waals surface area contributed by atoms with E-state index in [0.717, 1.165) is 25.0 Å². The van der Waals surface area contributed by atoms with Gasteiger partial charge in [-0.15, -0.1) is 0 Å². The normalized spacial score (nSPS) is 24.0. The molecule has 0 N–H and O–H groups in total. The maximum absolute atomic E-state index is 5.31. The standard InChI is InChI=1S/C9H16O2/c1-2-8(1)5-10-7-11-6-9-3-4-9/h8-9H,1-7H2. The predicted molar refractivity (Wildman–Crippen MR) is 42.2 cm³/mol. The van der Waals surface area contributed by atoms with Crippen LogP contribution in [-0.2, 0) is 9.47 Å². The highest BCUT2D eigenvalue weighted by molar-refractivity contribution is 4.72. The number of ether oxygens (including phenoxy) is 2. The third-order valence-corrected chi connectivity index (χ3v) is 2.27. The lowest BCUT2D eigenvalue weighted by molar-refractivity contribution is -0.0603. The zero-order valence-electron chi connectivity index (χ0n) is 6.92. The summed E-state index contributed by atoms with van der Waals surface area (Å²) in [5.41, 5.74) is 0. The maximum Gasteiger partial charge on any atom is 0.146 e. The van der Waals surface area contributed by atoms with Crippen LogP contribution in [0.5, 0.6) is 0 Å². The van der Waals surface area contributed by atoms with Crippen LogP contribution in [0.25, 0.3) is 0 Å². The van der Waals surface area contributed by atoms with Crippen LogP contribution in [0.3, 0.4) is 0 Å². The molecule has 2 heteroatoms. The number of hydrogen-bond acceptors (Lipinski definition) is 2. The number of hydrogen-bond donors (Lipinski definition) is 0. The van der Waals surface area contributed by atoms with Gasteiger partial charge < -0.3 is 9.47 Å². The van der Waals surface area contributed by atoms with E-state index in [-0.39, 0.29) is 0 Å². The van der Waals surface area contributed by atoms with Crippen LogP contribution in [0.4, 0.5) is 0 Å². The van der Waals surface area contributed by atoms with Gasteiger partial charge in [-0.2, -0.15) is 0 Å². The van der Waals surface area contributed by atoms with E-state index in [2.05, 4.69) is 0 Å². The molecule has 0 aromatic carbocycles. The highest BCUT2D eigenvalue weighted by atomic mass is 16.7. The first-order valence-electron chi connectivity index (χ1n) is 4.60. The van der Waals surface area contributed by atoms with Gasteiger partial charge in [-0.25, -0.2) is 0 Å². The summed E-state index contributed by atoms with van der Waals surface area (Å²) in [5, 5.41) is 0. The Kier molecular flexibility index (Phi) is 2.44. The van der Waals surface area contributed by atoms with Crippen molar-refractivity contribution in [3.63, 3.8) is 0 Å². The molecule has 2 fully saturated rings. The molecule has 0 atom stereocenters. The lowest BCUT2D eigenvalue weighted by atomic mass is 10.5. The van der Waals surface area contributed by atoms with E-state index in [1.54, 1.807) is 0 Å². The Morgan fingerprint density at radius 2 is 1.27 bits per heavy atom. The minimum Gasteiger partial charge on any atom is -0.355 e. The average Bonchev–Trinajstić information content (AvgIpc) is 2.83. The predicted octanol–water partition coefficient (Wildman–Crippen LogP) is 1.80. The SMILES string of the molecule is C(OCC1CC1)OCC1CC1. The van der Waals surface area contributed by atoms with Crippen LogP contribution in [0.1, 0.15) is 25.7 Å². The van der Waals surface area contributed by atoms with Crippen LogP contribution >= 0.6 is 0 Å². The Balaban J connectivity index is 1.35. The van der Waals surface area contributed by atoms with Crippen molar-refractivity contribution >= 4 is 0 Å². The van der Waals surface area contributed by atoms with E-state index in [9.17, 15) is 0 Å². The maximum atomic E-state index is 5.31. The third-order valence-electron chi connectivity index (χ3n) is 2.27. The van der Waals surface area contributed by atoms with Gasteiger partial charge in [0.25, 0.3) is 0 Å². The van der Waals surface area contributed by atoms with Crippen molar-refractivity contribution in [2.75, 3.05) is 20.0 Å². The molecule has 2 saturated carbocycles. The van der Waals surface area contributed by atoms with Crippen molar-refractivity contribution in [3.05, 3.63) is 0 Å². The lowest BCUT2D eigenvalue weighted by Crippen LogP contribution is -2.04. The molecule has 2 nitrogen and oxygen atoms in total. The summed E-state index contributed by atoms with van der Waals surface area (Å²) < 4.78 is 10.6. The first kappa shape index (κ1) is 7.56. The van der Waals surface area contributed by atoms with Gasteiger partial charge in [0.1, 0.15) is 6.79 Å². The van der Waals surface area contributed by atoms with Crippen LogP contribution in [0.2, 0.25) is 0 Å². The van der Waals surface area contributed by atoms with Crippen molar-refractivity contribution in [2.45, 2.75) is 25.7 Å². The van der Waals surface area contributed by atoms with Gasteiger partial charge >= 0.3 is 0 Å². The van der Waals surface area contributed by atoms with E-state index < -0.39 is 0 Å². The fraction of sp³-hybridized carbons (Fsp3) is 1.00. The molecule has 0 saturated heterocycles. The first-order valence-corrected chi connectivity index (χ1v) is 4.60. The van der Waals surface area contributed by atoms with Gasteiger partial charge in [-0.1, -0.05) is 0 Å².